The molecule has 0 aromatic carbocycles. The fraction of sp³-hybridized carbons (Fsp3) is 0.375. The van der Waals surface area contributed by atoms with Crippen molar-refractivity contribution in [3.05, 3.63) is 23.6 Å². The molecule has 1 aromatic heterocycles. The van der Waals surface area contributed by atoms with Gasteiger partial charge in [0.15, 0.2) is 0 Å². The average Bonchev–Trinajstić information content (AvgIpc) is 1.99. The van der Waals surface area contributed by atoms with Gasteiger partial charge in [0.05, 0.1) is 6.61 Å². The third-order valence-corrected chi connectivity index (χ3v) is 1.36. The Balaban J connectivity index is 2.72. The molecule has 0 unspecified atom stereocenters. The standard InChI is InChI=1S/C8H11FN2O/c1-6-4-7(9)11-8(5-6)10-2-3-12/h4-5,12H,2-3H2,1H3,(H,10,11). The Hall–Kier alpha value is -1.16. The molecule has 0 aliphatic rings. The van der Waals surface area contributed by atoms with E-state index in [0.717, 1.165) is 5.56 Å². The number of aromatic nitrogens is 1. The zero-order valence-electron chi connectivity index (χ0n) is 6.84. The molecular formula is C8H11FN2O. The van der Waals surface area contributed by atoms with Crippen LogP contribution in [0, 0.1) is 12.9 Å². The van der Waals surface area contributed by atoms with Gasteiger partial charge in [-0.3, -0.25) is 0 Å². The van der Waals surface area contributed by atoms with Crippen LogP contribution in [-0.2, 0) is 0 Å². The summed E-state index contributed by atoms with van der Waals surface area (Å²) in [4.78, 5) is 3.58. The number of aryl methyl sites for hydroxylation is 1. The van der Waals surface area contributed by atoms with E-state index in [4.69, 9.17) is 5.11 Å². The van der Waals surface area contributed by atoms with Crippen LogP contribution in [0.3, 0.4) is 0 Å². The van der Waals surface area contributed by atoms with Gasteiger partial charge in [-0.2, -0.15) is 4.39 Å². The van der Waals surface area contributed by atoms with Gasteiger partial charge in [-0.15, -0.1) is 0 Å². The molecule has 1 rings (SSSR count). The average molecular weight is 170 g/mol. The van der Waals surface area contributed by atoms with E-state index in [-0.39, 0.29) is 6.61 Å². The minimum Gasteiger partial charge on any atom is -0.395 e. The van der Waals surface area contributed by atoms with Crippen molar-refractivity contribution in [3.8, 4) is 0 Å². The van der Waals surface area contributed by atoms with Gasteiger partial charge in [0, 0.05) is 6.54 Å². The molecule has 0 atom stereocenters. The molecule has 0 saturated heterocycles. The summed E-state index contributed by atoms with van der Waals surface area (Å²) >= 11 is 0. The second-order valence-electron chi connectivity index (χ2n) is 2.50. The minimum absolute atomic E-state index is 0.0112. The first-order chi connectivity index (χ1) is 5.72. The van der Waals surface area contributed by atoms with Crippen molar-refractivity contribution >= 4 is 5.82 Å². The van der Waals surface area contributed by atoms with E-state index < -0.39 is 5.95 Å². The number of aliphatic hydroxyl groups excluding tert-OH is 1. The maximum atomic E-state index is 12.6. The van der Waals surface area contributed by atoms with Crippen molar-refractivity contribution in [3.63, 3.8) is 0 Å². The lowest BCUT2D eigenvalue weighted by molar-refractivity contribution is 0.311. The van der Waals surface area contributed by atoms with E-state index in [1.165, 1.54) is 6.07 Å². The monoisotopic (exact) mass is 170 g/mol. The van der Waals surface area contributed by atoms with E-state index >= 15 is 0 Å². The largest absolute Gasteiger partial charge is 0.395 e. The summed E-state index contributed by atoms with van der Waals surface area (Å²) in [7, 11) is 0. The van der Waals surface area contributed by atoms with Crippen molar-refractivity contribution in [1.82, 2.24) is 4.98 Å². The van der Waals surface area contributed by atoms with Crippen LogP contribution in [0.4, 0.5) is 10.2 Å². The van der Waals surface area contributed by atoms with Gasteiger partial charge >= 0.3 is 0 Å². The number of rotatable bonds is 3. The number of pyridine rings is 1. The van der Waals surface area contributed by atoms with Crippen LogP contribution in [0.25, 0.3) is 0 Å². The summed E-state index contributed by atoms with van der Waals surface area (Å²) in [6, 6.07) is 3.07. The topological polar surface area (TPSA) is 45.2 Å². The van der Waals surface area contributed by atoms with E-state index in [1.807, 2.05) is 0 Å². The summed E-state index contributed by atoms with van der Waals surface area (Å²) in [5, 5.41) is 11.3. The number of halogens is 1. The molecule has 4 heteroatoms. The Bertz CT molecular complexity index is 245. The van der Waals surface area contributed by atoms with Crippen LogP contribution in [0.2, 0.25) is 0 Å². The first-order valence-electron chi connectivity index (χ1n) is 3.71. The Labute approximate surface area is 70.3 Å². The Kier molecular flexibility index (Phi) is 2.99. The Morgan fingerprint density at radius 3 is 2.92 bits per heavy atom. The first-order valence-corrected chi connectivity index (χ1v) is 3.71. The molecular weight excluding hydrogens is 159 g/mol. The normalized spacial score (nSPS) is 9.92. The van der Waals surface area contributed by atoms with Gasteiger partial charge in [0.2, 0.25) is 5.95 Å². The second-order valence-corrected chi connectivity index (χ2v) is 2.50. The minimum atomic E-state index is -0.504. The number of hydrogen-bond donors (Lipinski definition) is 2. The molecule has 0 fully saturated rings. The van der Waals surface area contributed by atoms with Gasteiger partial charge < -0.3 is 10.4 Å². The van der Waals surface area contributed by atoms with Gasteiger partial charge in [0.1, 0.15) is 5.82 Å². The van der Waals surface area contributed by atoms with E-state index in [0.29, 0.717) is 12.4 Å². The third-order valence-electron chi connectivity index (χ3n) is 1.36. The quantitative estimate of drug-likeness (QED) is 0.663. The lowest BCUT2D eigenvalue weighted by Gasteiger charge is -2.03. The molecule has 0 spiro atoms. The van der Waals surface area contributed by atoms with Gasteiger partial charge in [-0.05, 0) is 24.6 Å². The zero-order chi connectivity index (χ0) is 8.97. The highest BCUT2D eigenvalue weighted by molar-refractivity contribution is 5.37. The molecule has 1 aromatic rings. The summed E-state index contributed by atoms with van der Waals surface area (Å²) in [6.07, 6.45) is 0. The van der Waals surface area contributed by atoms with Crippen LogP contribution >= 0.6 is 0 Å². The lowest BCUT2D eigenvalue weighted by atomic mass is 10.3. The zero-order valence-corrected chi connectivity index (χ0v) is 6.84. The molecule has 2 N–H and O–H groups in total. The number of aliphatic hydroxyl groups is 1. The molecule has 66 valence electrons. The highest BCUT2D eigenvalue weighted by Crippen LogP contribution is 2.07. The maximum absolute atomic E-state index is 12.6. The number of nitrogens with zero attached hydrogens (tertiary/aromatic N) is 1. The van der Waals surface area contributed by atoms with E-state index in [1.54, 1.807) is 13.0 Å². The van der Waals surface area contributed by atoms with Gasteiger partial charge in [-0.1, -0.05) is 0 Å². The van der Waals surface area contributed by atoms with E-state index in [9.17, 15) is 4.39 Å². The smallest absolute Gasteiger partial charge is 0.215 e. The first kappa shape index (κ1) is 8.93. The Morgan fingerprint density at radius 1 is 1.58 bits per heavy atom. The molecule has 0 aliphatic heterocycles. The van der Waals surface area contributed by atoms with E-state index in [2.05, 4.69) is 10.3 Å². The molecule has 0 aliphatic carbocycles. The van der Waals surface area contributed by atoms with Crippen LogP contribution in [0.15, 0.2) is 12.1 Å². The van der Waals surface area contributed by atoms with Crippen LogP contribution in [0.1, 0.15) is 5.56 Å². The van der Waals surface area contributed by atoms with Crippen molar-refractivity contribution in [2.24, 2.45) is 0 Å². The predicted octanol–water partition coefficient (Wildman–Crippen LogP) is 0.933. The van der Waals surface area contributed by atoms with Gasteiger partial charge in [0.25, 0.3) is 0 Å². The molecule has 0 bridgehead atoms. The SMILES string of the molecule is Cc1cc(F)nc(NCCO)c1. The number of hydrogen-bond acceptors (Lipinski definition) is 3. The molecule has 0 saturated carbocycles. The number of nitrogens with one attached hydrogen (secondary N) is 1. The molecule has 0 amide bonds. The fourth-order valence-corrected chi connectivity index (χ4v) is 0.899. The molecule has 0 radical (unpaired) electrons. The van der Waals surface area contributed by atoms with Crippen molar-refractivity contribution in [2.75, 3.05) is 18.5 Å². The predicted molar refractivity (Wildman–Crippen MR) is 44.5 cm³/mol. The number of anilines is 1. The lowest BCUT2D eigenvalue weighted by Crippen LogP contribution is -2.07. The summed E-state index contributed by atoms with van der Waals surface area (Å²) in [5.74, 6) is -0.0445. The van der Waals surface area contributed by atoms with Crippen molar-refractivity contribution in [1.29, 1.82) is 0 Å². The highest BCUT2D eigenvalue weighted by atomic mass is 19.1. The molecule has 3 nitrogen and oxygen atoms in total. The summed E-state index contributed by atoms with van der Waals surface area (Å²) < 4.78 is 12.6. The summed E-state index contributed by atoms with van der Waals surface area (Å²) in [5.41, 5.74) is 0.808. The highest BCUT2D eigenvalue weighted by Gasteiger charge is 1.97. The van der Waals surface area contributed by atoms with Gasteiger partial charge in [-0.25, -0.2) is 4.98 Å². The second kappa shape index (κ2) is 4.01. The van der Waals surface area contributed by atoms with Crippen LogP contribution in [-0.4, -0.2) is 23.2 Å². The van der Waals surface area contributed by atoms with Crippen molar-refractivity contribution in [2.45, 2.75) is 6.92 Å². The summed E-state index contributed by atoms with van der Waals surface area (Å²) in [6.45, 7) is 2.18. The third kappa shape index (κ3) is 2.47. The van der Waals surface area contributed by atoms with Crippen LogP contribution in [0.5, 0.6) is 0 Å². The fourth-order valence-electron chi connectivity index (χ4n) is 0.899. The molecule has 1 heterocycles. The van der Waals surface area contributed by atoms with Crippen LogP contribution < -0.4 is 5.32 Å². The molecule has 12 heavy (non-hydrogen) atoms. The van der Waals surface area contributed by atoms with Crippen molar-refractivity contribution < 1.29 is 9.50 Å². The maximum Gasteiger partial charge on any atom is 0.215 e. The Morgan fingerprint density at radius 2 is 2.33 bits per heavy atom.